The maximum atomic E-state index is 13.2. The Hall–Kier alpha value is -5.82. The van der Waals surface area contributed by atoms with E-state index >= 15 is 0 Å². The molecule has 0 bridgehead atoms. The standard InChI is InChI=1S/C28H18N8O2/c1-29-23-16-30-36(28-32-20-13-7-8-14-21(20)33-28)26(23)35-34-22-15-17-9-5-6-12-19(17)24(25(22)37)27(38)31-18-10-3-2-4-11-18/h2-16,37H,(H,31,38)(H,32,33)/b35-34+. The first-order valence-corrected chi connectivity index (χ1v) is 11.6. The average Bonchev–Trinajstić information content (AvgIpc) is 3.56. The number of aromatic amines is 1. The molecule has 182 valence electrons. The minimum Gasteiger partial charge on any atom is -0.505 e. The second-order valence-electron chi connectivity index (χ2n) is 8.32. The molecule has 0 unspecified atom stereocenters. The zero-order valence-corrected chi connectivity index (χ0v) is 19.7. The van der Waals surface area contributed by atoms with Gasteiger partial charge in [0.15, 0.2) is 11.6 Å². The number of aromatic hydroxyl groups is 1. The van der Waals surface area contributed by atoms with E-state index in [4.69, 9.17) is 6.57 Å². The largest absolute Gasteiger partial charge is 0.505 e. The van der Waals surface area contributed by atoms with E-state index < -0.39 is 5.91 Å². The van der Waals surface area contributed by atoms with Crippen LogP contribution in [0.1, 0.15) is 10.4 Å². The molecule has 0 saturated heterocycles. The molecule has 0 aliphatic rings. The van der Waals surface area contributed by atoms with Crippen molar-refractivity contribution in [1.82, 2.24) is 19.7 Å². The maximum absolute atomic E-state index is 13.2. The van der Waals surface area contributed by atoms with Crippen LogP contribution in [0.15, 0.2) is 101 Å². The van der Waals surface area contributed by atoms with Crippen molar-refractivity contribution in [3.8, 4) is 11.7 Å². The van der Waals surface area contributed by atoms with Gasteiger partial charge in [-0.3, -0.25) is 4.79 Å². The zero-order chi connectivity index (χ0) is 26.1. The number of carbonyl (C=O) groups is 1. The van der Waals surface area contributed by atoms with Crippen LogP contribution in [0.5, 0.6) is 5.75 Å². The molecule has 3 N–H and O–H groups in total. The number of imidazole rings is 1. The third-order valence-electron chi connectivity index (χ3n) is 5.94. The maximum Gasteiger partial charge on any atom is 0.260 e. The highest BCUT2D eigenvalue weighted by atomic mass is 16.3. The molecule has 0 radical (unpaired) electrons. The molecule has 0 fully saturated rings. The van der Waals surface area contributed by atoms with Crippen molar-refractivity contribution < 1.29 is 9.90 Å². The molecule has 0 aliphatic carbocycles. The number of para-hydroxylation sites is 3. The number of azo groups is 1. The molecule has 10 nitrogen and oxygen atoms in total. The molecule has 0 spiro atoms. The highest BCUT2D eigenvalue weighted by molar-refractivity contribution is 6.16. The summed E-state index contributed by atoms with van der Waals surface area (Å²) in [7, 11) is 0. The van der Waals surface area contributed by atoms with Crippen LogP contribution in [0.2, 0.25) is 0 Å². The lowest BCUT2D eigenvalue weighted by Gasteiger charge is -2.12. The Labute approximate surface area is 215 Å². The van der Waals surface area contributed by atoms with Crippen molar-refractivity contribution in [2.24, 2.45) is 10.2 Å². The summed E-state index contributed by atoms with van der Waals surface area (Å²) in [4.78, 5) is 24.4. The number of hydrogen-bond acceptors (Lipinski definition) is 6. The third-order valence-corrected chi connectivity index (χ3v) is 5.94. The van der Waals surface area contributed by atoms with Gasteiger partial charge in [0.1, 0.15) is 5.69 Å². The molecule has 38 heavy (non-hydrogen) atoms. The van der Waals surface area contributed by atoms with E-state index in [9.17, 15) is 9.90 Å². The first-order valence-electron chi connectivity index (χ1n) is 11.6. The molecule has 0 saturated carbocycles. The number of H-pyrrole nitrogens is 1. The predicted octanol–water partition coefficient (Wildman–Crippen LogP) is 6.83. The quantitative estimate of drug-likeness (QED) is 0.178. The van der Waals surface area contributed by atoms with Crippen LogP contribution in [-0.4, -0.2) is 30.8 Å². The number of amides is 1. The Morgan fingerprint density at radius 3 is 2.58 bits per heavy atom. The summed E-state index contributed by atoms with van der Waals surface area (Å²) in [6, 6.07) is 25.3. The molecule has 10 heteroatoms. The first kappa shape index (κ1) is 22.6. The smallest absolute Gasteiger partial charge is 0.260 e. The third kappa shape index (κ3) is 4.00. The van der Waals surface area contributed by atoms with E-state index in [0.29, 0.717) is 22.4 Å². The lowest BCUT2D eigenvalue weighted by molar-refractivity contribution is 0.102. The van der Waals surface area contributed by atoms with E-state index in [2.05, 4.69) is 35.5 Å². The van der Waals surface area contributed by atoms with E-state index in [1.54, 1.807) is 42.5 Å². The summed E-state index contributed by atoms with van der Waals surface area (Å²) in [5, 5.41) is 28.0. The van der Waals surface area contributed by atoms with Gasteiger partial charge >= 0.3 is 0 Å². The van der Waals surface area contributed by atoms with Crippen molar-refractivity contribution in [2.75, 3.05) is 5.32 Å². The molecule has 2 aromatic heterocycles. The molecule has 6 aromatic rings. The molecule has 4 aromatic carbocycles. The number of fused-ring (bicyclic) bond motifs is 2. The fourth-order valence-corrected chi connectivity index (χ4v) is 4.14. The summed E-state index contributed by atoms with van der Waals surface area (Å²) >= 11 is 0. The van der Waals surface area contributed by atoms with Crippen LogP contribution in [0.4, 0.5) is 22.9 Å². The van der Waals surface area contributed by atoms with Gasteiger partial charge in [0, 0.05) is 5.69 Å². The second-order valence-corrected chi connectivity index (χ2v) is 8.32. The van der Waals surface area contributed by atoms with E-state index in [1.807, 2.05) is 42.5 Å². The number of rotatable bonds is 5. The Bertz CT molecular complexity index is 1860. The van der Waals surface area contributed by atoms with Crippen molar-refractivity contribution in [3.63, 3.8) is 0 Å². The van der Waals surface area contributed by atoms with Crippen LogP contribution >= 0.6 is 0 Å². The van der Waals surface area contributed by atoms with Gasteiger partial charge in [0.25, 0.3) is 11.6 Å². The number of phenols is 1. The van der Waals surface area contributed by atoms with Gasteiger partial charge < -0.3 is 15.4 Å². The lowest BCUT2D eigenvalue weighted by Crippen LogP contribution is -2.12. The van der Waals surface area contributed by atoms with Crippen LogP contribution < -0.4 is 5.32 Å². The van der Waals surface area contributed by atoms with Crippen LogP contribution in [0.25, 0.3) is 32.6 Å². The van der Waals surface area contributed by atoms with E-state index in [0.717, 1.165) is 11.0 Å². The molecular formula is C28H18N8O2. The van der Waals surface area contributed by atoms with Crippen LogP contribution in [0.3, 0.4) is 0 Å². The van der Waals surface area contributed by atoms with Gasteiger partial charge in [-0.05, 0) is 41.1 Å². The average molecular weight is 499 g/mol. The Balaban J connectivity index is 1.44. The van der Waals surface area contributed by atoms with Crippen molar-refractivity contribution >= 4 is 50.6 Å². The summed E-state index contributed by atoms with van der Waals surface area (Å²) < 4.78 is 1.37. The van der Waals surface area contributed by atoms with E-state index in [-0.39, 0.29) is 28.5 Å². The Morgan fingerprint density at radius 2 is 1.76 bits per heavy atom. The zero-order valence-electron chi connectivity index (χ0n) is 19.7. The lowest BCUT2D eigenvalue weighted by atomic mass is 10.0. The molecule has 0 aliphatic heterocycles. The van der Waals surface area contributed by atoms with Gasteiger partial charge in [0.05, 0.1) is 29.4 Å². The number of nitrogens with one attached hydrogen (secondary N) is 2. The highest BCUT2D eigenvalue weighted by Crippen LogP contribution is 2.39. The fraction of sp³-hybridized carbons (Fsp3) is 0. The van der Waals surface area contributed by atoms with Gasteiger partial charge in [-0.1, -0.05) is 54.6 Å². The van der Waals surface area contributed by atoms with Gasteiger partial charge in [0.2, 0.25) is 5.95 Å². The monoisotopic (exact) mass is 498 g/mol. The predicted molar refractivity (Wildman–Crippen MR) is 144 cm³/mol. The topological polar surface area (TPSA) is 125 Å². The van der Waals surface area contributed by atoms with Crippen LogP contribution in [-0.2, 0) is 0 Å². The number of aromatic nitrogens is 4. The SMILES string of the molecule is [C-]#[N+]c1cnn(-c2nc3ccccc3[nH]2)c1/N=N/c1cc2ccccc2c(C(=O)Nc2ccccc2)c1O. The number of benzene rings is 4. The first-order chi connectivity index (χ1) is 18.6. The number of hydrogen-bond donors (Lipinski definition) is 3. The van der Waals surface area contributed by atoms with Crippen molar-refractivity contribution in [2.45, 2.75) is 0 Å². The second kappa shape index (κ2) is 9.33. The summed E-state index contributed by atoms with van der Waals surface area (Å²) in [6.45, 7) is 7.54. The molecule has 2 heterocycles. The molecular weight excluding hydrogens is 480 g/mol. The van der Waals surface area contributed by atoms with Gasteiger partial charge in [-0.25, -0.2) is 9.83 Å². The fourth-order valence-electron chi connectivity index (χ4n) is 4.14. The number of phenolic OH excluding ortho intramolecular Hbond substituents is 1. The van der Waals surface area contributed by atoms with Crippen molar-refractivity contribution in [1.29, 1.82) is 0 Å². The number of nitrogens with zero attached hydrogens (tertiary/aromatic N) is 6. The van der Waals surface area contributed by atoms with E-state index in [1.165, 1.54) is 10.9 Å². The van der Waals surface area contributed by atoms with Gasteiger partial charge in [-0.15, -0.1) is 10.2 Å². The number of anilines is 1. The molecule has 0 atom stereocenters. The Kier molecular flexibility index (Phi) is 5.56. The minimum atomic E-state index is -0.490. The highest BCUT2D eigenvalue weighted by Gasteiger charge is 2.21. The summed E-state index contributed by atoms with van der Waals surface area (Å²) in [6.07, 6.45) is 1.37. The molecule has 1 amide bonds. The Morgan fingerprint density at radius 1 is 1.00 bits per heavy atom. The normalized spacial score (nSPS) is 11.2. The molecule has 6 rings (SSSR count). The number of carbonyl (C=O) groups excluding carboxylic acids is 1. The van der Waals surface area contributed by atoms with Crippen molar-refractivity contribution in [3.05, 3.63) is 108 Å². The van der Waals surface area contributed by atoms with Gasteiger partial charge in [-0.2, -0.15) is 9.78 Å². The summed E-state index contributed by atoms with van der Waals surface area (Å²) in [5.41, 5.74) is 2.39. The van der Waals surface area contributed by atoms with Crippen LogP contribution in [0, 0.1) is 6.57 Å². The summed E-state index contributed by atoms with van der Waals surface area (Å²) in [5.74, 6) is -0.334. The minimum absolute atomic E-state index is 0.0650.